The van der Waals surface area contributed by atoms with Crippen molar-refractivity contribution < 1.29 is 24.2 Å². The molecule has 19 heavy (non-hydrogen) atoms. The van der Waals surface area contributed by atoms with Gasteiger partial charge in [0.25, 0.3) is 0 Å². The van der Waals surface area contributed by atoms with E-state index < -0.39 is 17.4 Å². The number of aliphatic hydroxyl groups is 1. The van der Waals surface area contributed by atoms with Crippen molar-refractivity contribution in [2.45, 2.75) is 19.4 Å². The third-order valence-electron chi connectivity index (χ3n) is 3.59. The highest BCUT2D eigenvalue weighted by Crippen LogP contribution is 2.39. The Labute approximate surface area is 111 Å². The van der Waals surface area contributed by atoms with Crippen molar-refractivity contribution in [3.05, 3.63) is 34.9 Å². The molecule has 0 bridgehead atoms. The Morgan fingerprint density at radius 1 is 1.16 bits per heavy atom. The smallest absolute Gasteiger partial charge is 0.323 e. The summed E-state index contributed by atoms with van der Waals surface area (Å²) in [6.45, 7) is -0.0727. The molecule has 0 amide bonds. The largest absolute Gasteiger partial charge is 0.468 e. The first-order valence-electron chi connectivity index (χ1n) is 5.96. The van der Waals surface area contributed by atoms with Crippen LogP contribution in [0.3, 0.4) is 0 Å². The van der Waals surface area contributed by atoms with Crippen molar-refractivity contribution in [1.82, 2.24) is 0 Å². The Balaban J connectivity index is 2.41. The van der Waals surface area contributed by atoms with E-state index in [1.807, 2.05) is 12.1 Å². The number of fused-ring (bicyclic) bond motifs is 1. The van der Waals surface area contributed by atoms with Gasteiger partial charge in [-0.2, -0.15) is 0 Å². The molecule has 5 heteroatoms. The van der Waals surface area contributed by atoms with Gasteiger partial charge in [-0.1, -0.05) is 18.2 Å². The summed E-state index contributed by atoms with van der Waals surface area (Å²) in [5.74, 6) is -1.16. The maximum Gasteiger partial charge on any atom is 0.323 e. The van der Waals surface area contributed by atoms with Gasteiger partial charge in [0.15, 0.2) is 5.41 Å². The van der Waals surface area contributed by atoms with E-state index in [0.29, 0.717) is 0 Å². The van der Waals surface area contributed by atoms with Gasteiger partial charge in [-0.05, 0) is 29.5 Å². The SMILES string of the molecule is COC(=O)C1(C(=O)OC)Cc2ccc(CO)cc2C1. The number of esters is 2. The lowest BCUT2D eigenvalue weighted by Crippen LogP contribution is -2.42. The Morgan fingerprint density at radius 2 is 1.74 bits per heavy atom. The van der Waals surface area contributed by atoms with Gasteiger partial charge in [0.2, 0.25) is 0 Å². The summed E-state index contributed by atoms with van der Waals surface area (Å²) in [7, 11) is 2.52. The molecular formula is C14H16O5. The molecule has 2 rings (SSSR count). The van der Waals surface area contributed by atoms with Crippen LogP contribution in [-0.4, -0.2) is 31.3 Å². The summed E-state index contributed by atoms with van der Waals surface area (Å²) in [6.07, 6.45) is 0.517. The van der Waals surface area contributed by atoms with Gasteiger partial charge in [-0.25, -0.2) is 0 Å². The van der Waals surface area contributed by atoms with Crippen LogP contribution in [-0.2, 0) is 38.5 Å². The van der Waals surface area contributed by atoms with E-state index in [1.165, 1.54) is 14.2 Å². The second-order valence-electron chi connectivity index (χ2n) is 4.68. The monoisotopic (exact) mass is 264 g/mol. The zero-order chi connectivity index (χ0) is 14.0. The molecule has 0 saturated carbocycles. The summed E-state index contributed by atoms with van der Waals surface area (Å²) in [5, 5.41) is 9.13. The number of carbonyl (C=O) groups excluding carboxylic acids is 2. The Kier molecular flexibility index (Phi) is 3.57. The maximum absolute atomic E-state index is 12.0. The van der Waals surface area contributed by atoms with Gasteiger partial charge >= 0.3 is 11.9 Å². The van der Waals surface area contributed by atoms with Crippen molar-refractivity contribution in [2.75, 3.05) is 14.2 Å². The molecular weight excluding hydrogens is 248 g/mol. The average molecular weight is 264 g/mol. The van der Waals surface area contributed by atoms with Crippen LogP contribution in [0.1, 0.15) is 16.7 Å². The van der Waals surface area contributed by atoms with Gasteiger partial charge < -0.3 is 14.6 Å². The zero-order valence-electron chi connectivity index (χ0n) is 10.9. The molecule has 0 saturated heterocycles. The Hall–Kier alpha value is -1.88. The Morgan fingerprint density at radius 3 is 2.26 bits per heavy atom. The average Bonchev–Trinajstić information content (AvgIpc) is 2.84. The predicted molar refractivity (Wildman–Crippen MR) is 66.2 cm³/mol. The van der Waals surface area contributed by atoms with Gasteiger partial charge in [0, 0.05) is 0 Å². The van der Waals surface area contributed by atoms with Crippen LogP contribution in [0.2, 0.25) is 0 Å². The van der Waals surface area contributed by atoms with Crippen LogP contribution >= 0.6 is 0 Å². The molecule has 0 fully saturated rings. The minimum Gasteiger partial charge on any atom is -0.468 e. The van der Waals surface area contributed by atoms with Crippen molar-refractivity contribution in [2.24, 2.45) is 5.41 Å². The van der Waals surface area contributed by atoms with Gasteiger partial charge in [0.05, 0.1) is 20.8 Å². The highest BCUT2D eigenvalue weighted by Gasteiger charge is 2.52. The molecule has 0 radical (unpaired) electrons. The summed E-state index contributed by atoms with van der Waals surface area (Å²) >= 11 is 0. The fourth-order valence-electron chi connectivity index (χ4n) is 2.59. The molecule has 0 aromatic heterocycles. The standard InChI is InChI=1S/C14H16O5/c1-18-12(16)14(13(17)19-2)6-10-4-3-9(8-15)5-11(10)7-14/h3-5,15H,6-8H2,1-2H3. The fraction of sp³-hybridized carbons (Fsp3) is 0.429. The number of hydrogen-bond acceptors (Lipinski definition) is 5. The van der Waals surface area contributed by atoms with Crippen molar-refractivity contribution in [1.29, 1.82) is 0 Å². The van der Waals surface area contributed by atoms with Crippen LogP contribution in [0.5, 0.6) is 0 Å². The van der Waals surface area contributed by atoms with E-state index in [2.05, 4.69) is 0 Å². The molecule has 1 aromatic rings. The fourth-order valence-corrected chi connectivity index (χ4v) is 2.59. The van der Waals surface area contributed by atoms with Crippen LogP contribution < -0.4 is 0 Å². The molecule has 102 valence electrons. The van der Waals surface area contributed by atoms with Crippen LogP contribution in [0.15, 0.2) is 18.2 Å². The Bertz CT molecular complexity index is 505. The van der Waals surface area contributed by atoms with Crippen LogP contribution in [0, 0.1) is 5.41 Å². The van der Waals surface area contributed by atoms with Gasteiger partial charge in [-0.3, -0.25) is 9.59 Å². The number of ether oxygens (including phenoxy) is 2. The molecule has 1 aliphatic rings. The van der Waals surface area contributed by atoms with Crippen molar-refractivity contribution in [3.63, 3.8) is 0 Å². The van der Waals surface area contributed by atoms with E-state index in [9.17, 15) is 9.59 Å². The third-order valence-corrected chi connectivity index (χ3v) is 3.59. The number of aliphatic hydroxyl groups excluding tert-OH is 1. The highest BCUT2D eigenvalue weighted by molar-refractivity contribution is 6.01. The molecule has 0 spiro atoms. The second kappa shape index (κ2) is 5.01. The van der Waals surface area contributed by atoms with E-state index in [-0.39, 0.29) is 19.4 Å². The van der Waals surface area contributed by atoms with Crippen molar-refractivity contribution >= 4 is 11.9 Å². The maximum atomic E-state index is 12.0. The number of carbonyl (C=O) groups is 2. The van der Waals surface area contributed by atoms with E-state index in [1.54, 1.807) is 6.07 Å². The summed E-state index contributed by atoms with van der Waals surface area (Å²) in [6, 6.07) is 5.42. The summed E-state index contributed by atoms with van der Waals surface area (Å²) < 4.78 is 9.52. The minimum absolute atomic E-state index is 0.0727. The van der Waals surface area contributed by atoms with E-state index in [4.69, 9.17) is 14.6 Å². The molecule has 5 nitrogen and oxygen atoms in total. The molecule has 0 aliphatic heterocycles. The molecule has 1 aromatic carbocycles. The number of rotatable bonds is 3. The lowest BCUT2D eigenvalue weighted by atomic mass is 9.85. The number of hydrogen-bond donors (Lipinski definition) is 1. The first-order chi connectivity index (χ1) is 9.07. The van der Waals surface area contributed by atoms with Gasteiger partial charge in [-0.15, -0.1) is 0 Å². The van der Waals surface area contributed by atoms with E-state index in [0.717, 1.165) is 16.7 Å². The van der Waals surface area contributed by atoms with Gasteiger partial charge in [0.1, 0.15) is 0 Å². The zero-order valence-corrected chi connectivity index (χ0v) is 10.9. The van der Waals surface area contributed by atoms with Crippen molar-refractivity contribution in [3.8, 4) is 0 Å². The molecule has 0 atom stereocenters. The topological polar surface area (TPSA) is 72.8 Å². The highest BCUT2D eigenvalue weighted by atomic mass is 16.5. The quantitative estimate of drug-likeness (QED) is 0.639. The lowest BCUT2D eigenvalue weighted by Gasteiger charge is -2.22. The van der Waals surface area contributed by atoms with Crippen LogP contribution in [0.25, 0.3) is 0 Å². The molecule has 1 aliphatic carbocycles. The molecule has 0 heterocycles. The number of benzene rings is 1. The third kappa shape index (κ3) is 2.10. The van der Waals surface area contributed by atoms with E-state index >= 15 is 0 Å². The molecule has 1 N–H and O–H groups in total. The predicted octanol–water partition coefficient (Wildman–Crippen LogP) is 0.610. The summed E-state index contributed by atoms with van der Waals surface area (Å²) in [4.78, 5) is 24.0. The van der Waals surface area contributed by atoms with Crippen LogP contribution in [0.4, 0.5) is 0 Å². The number of methoxy groups -OCH3 is 2. The normalized spacial score (nSPS) is 15.7. The summed E-state index contributed by atoms with van der Waals surface area (Å²) in [5.41, 5.74) is 1.25. The minimum atomic E-state index is -1.29. The lowest BCUT2D eigenvalue weighted by molar-refractivity contribution is -0.168. The molecule has 0 unspecified atom stereocenters. The second-order valence-corrected chi connectivity index (χ2v) is 4.68. The first-order valence-corrected chi connectivity index (χ1v) is 5.96. The first kappa shape index (κ1) is 13.5.